The monoisotopic (exact) mass is 270 g/mol. The molecule has 0 saturated carbocycles. The van der Waals surface area contributed by atoms with Crippen molar-refractivity contribution in [1.29, 1.82) is 0 Å². The molecular weight excluding hydrogens is 260 g/mol. The van der Waals surface area contributed by atoms with Gasteiger partial charge in [-0.25, -0.2) is 0 Å². The van der Waals surface area contributed by atoms with Gasteiger partial charge in [-0.2, -0.15) is 0 Å². The lowest BCUT2D eigenvalue weighted by atomic mass is 9.98. The van der Waals surface area contributed by atoms with Gasteiger partial charge in [-0.05, 0) is 29.8 Å². The first-order chi connectivity index (χ1) is 9.25. The summed E-state index contributed by atoms with van der Waals surface area (Å²) in [6.07, 6.45) is 1.79. The molecule has 0 N–H and O–H groups in total. The average molecular weight is 271 g/mol. The summed E-state index contributed by atoms with van der Waals surface area (Å²) in [5, 5.41) is 0.627. The number of carbonyl (C=O) groups is 1. The van der Waals surface area contributed by atoms with Crippen molar-refractivity contribution in [3.63, 3.8) is 0 Å². The molecule has 0 amide bonds. The highest BCUT2D eigenvalue weighted by molar-refractivity contribution is 6.32. The lowest BCUT2D eigenvalue weighted by Gasteiger charge is -2.18. The standard InChI is InChI=1S/C16H11ClO2/c17-14-7-3-1-5-11(14)9-12-10-19-15-8-4-2-6-13(15)16(12)18/h1-9H,10H2/b12-9-. The van der Waals surface area contributed by atoms with E-state index < -0.39 is 0 Å². The van der Waals surface area contributed by atoms with Crippen LogP contribution >= 0.6 is 11.6 Å². The molecule has 0 bridgehead atoms. The first-order valence-corrected chi connectivity index (χ1v) is 6.35. The largest absolute Gasteiger partial charge is 0.488 e. The van der Waals surface area contributed by atoms with E-state index in [1.54, 1.807) is 24.3 Å². The molecule has 0 fully saturated rings. The van der Waals surface area contributed by atoms with E-state index in [1.165, 1.54) is 0 Å². The quantitative estimate of drug-likeness (QED) is 0.732. The van der Waals surface area contributed by atoms with Crippen LogP contribution < -0.4 is 4.74 Å². The summed E-state index contributed by atoms with van der Waals surface area (Å²) in [6.45, 7) is 0.279. The van der Waals surface area contributed by atoms with Crippen molar-refractivity contribution < 1.29 is 9.53 Å². The number of para-hydroxylation sites is 1. The first kappa shape index (κ1) is 12.0. The molecule has 1 heterocycles. The van der Waals surface area contributed by atoms with Crippen LogP contribution in [0.2, 0.25) is 5.02 Å². The topological polar surface area (TPSA) is 26.3 Å². The van der Waals surface area contributed by atoms with Crippen LogP contribution in [0.4, 0.5) is 0 Å². The lowest BCUT2D eigenvalue weighted by Crippen LogP contribution is -2.18. The summed E-state index contributed by atoms with van der Waals surface area (Å²) < 4.78 is 5.59. The second-order valence-corrected chi connectivity index (χ2v) is 4.71. The van der Waals surface area contributed by atoms with Gasteiger partial charge in [-0.15, -0.1) is 0 Å². The van der Waals surface area contributed by atoms with Gasteiger partial charge in [0.2, 0.25) is 0 Å². The van der Waals surface area contributed by atoms with Crippen molar-refractivity contribution in [3.05, 3.63) is 70.3 Å². The van der Waals surface area contributed by atoms with E-state index in [0.717, 1.165) is 5.56 Å². The molecule has 3 heteroatoms. The van der Waals surface area contributed by atoms with Gasteiger partial charge in [0.25, 0.3) is 0 Å². The van der Waals surface area contributed by atoms with Crippen LogP contribution in [0.1, 0.15) is 15.9 Å². The van der Waals surface area contributed by atoms with Crippen LogP contribution in [0.25, 0.3) is 6.08 Å². The zero-order chi connectivity index (χ0) is 13.2. The maximum absolute atomic E-state index is 12.3. The van der Waals surface area contributed by atoms with Crippen LogP contribution in [0.15, 0.2) is 54.1 Å². The van der Waals surface area contributed by atoms with Crippen LogP contribution in [-0.4, -0.2) is 12.4 Å². The molecule has 0 spiro atoms. The Kier molecular flexibility index (Phi) is 3.10. The highest BCUT2D eigenvalue weighted by Gasteiger charge is 2.22. The maximum Gasteiger partial charge on any atom is 0.196 e. The molecule has 0 aliphatic carbocycles. The van der Waals surface area contributed by atoms with Gasteiger partial charge in [-0.1, -0.05) is 41.9 Å². The lowest BCUT2D eigenvalue weighted by molar-refractivity contribution is 0.100. The average Bonchev–Trinajstić information content (AvgIpc) is 2.44. The third-order valence-corrected chi connectivity index (χ3v) is 3.39. The van der Waals surface area contributed by atoms with Crippen molar-refractivity contribution in [2.75, 3.05) is 6.61 Å². The fraction of sp³-hybridized carbons (Fsp3) is 0.0625. The summed E-state index contributed by atoms with van der Waals surface area (Å²) in [6, 6.07) is 14.7. The van der Waals surface area contributed by atoms with Gasteiger partial charge in [0, 0.05) is 10.6 Å². The minimum Gasteiger partial charge on any atom is -0.488 e. The number of Topliss-reactive ketones (excluding diaryl/α,β-unsaturated/α-hetero) is 1. The first-order valence-electron chi connectivity index (χ1n) is 5.97. The molecule has 94 valence electrons. The Labute approximate surface area is 116 Å². The number of benzene rings is 2. The molecule has 0 saturated heterocycles. The third-order valence-electron chi connectivity index (χ3n) is 3.04. The fourth-order valence-corrected chi connectivity index (χ4v) is 2.25. The molecule has 0 radical (unpaired) electrons. The molecule has 0 aromatic heterocycles. The molecule has 0 atom stereocenters. The molecule has 19 heavy (non-hydrogen) atoms. The fourth-order valence-electron chi connectivity index (χ4n) is 2.06. The summed E-state index contributed by atoms with van der Waals surface area (Å²) in [4.78, 5) is 12.3. The third kappa shape index (κ3) is 2.27. The number of rotatable bonds is 1. The minimum absolute atomic E-state index is 0.00164. The predicted octanol–water partition coefficient (Wildman–Crippen LogP) is 4.00. The molecule has 3 rings (SSSR count). The number of ether oxygens (including phenoxy) is 1. The van der Waals surface area contributed by atoms with Gasteiger partial charge >= 0.3 is 0 Å². The zero-order valence-corrected chi connectivity index (χ0v) is 10.9. The Morgan fingerprint density at radius 1 is 1.05 bits per heavy atom. The van der Waals surface area contributed by atoms with Gasteiger partial charge in [0.1, 0.15) is 12.4 Å². The van der Waals surface area contributed by atoms with E-state index in [2.05, 4.69) is 0 Å². The Bertz CT molecular complexity index is 674. The number of hydrogen-bond donors (Lipinski definition) is 0. The number of halogens is 1. The highest BCUT2D eigenvalue weighted by atomic mass is 35.5. The molecule has 2 nitrogen and oxygen atoms in total. The predicted molar refractivity (Wildman–Crippen MR) is 75.7 cm³/mol. The Hall–Kier alpha value is -2.06. The van der Waals surface area contributed by atoms with E-state index in [0.29, 0.717) is 21.9 Å². The van der Waals surface area contributed by atoms with Gasteiger partial charge in [0.15, 0.2) is 5.78 Å². The van der Waals surface area contributed by atoms with Crippen molar-refractivity contribution in [2.24, 2.45) is 0 Å². The number of carbonyl (C=O) groups excluding carboxylic acids is 1. The molecule has 2 aromatic rings. The molecule has 2 aromatic carbocycles. The Morgan fingerprint density at radius 2 is 1.79 bits per heavy atom. The van der Waals surface area contributed by atoms with Crippen molar-refractivity contribution in [1.82, 2.24) is 0 Å². The normalized spacial score (nSPS) is 16.1. The Morgan fingerprint density at radius 3 is 2.63 bits per heavy atom. The van der Waals surface area contributed by atoms with Gasteiger partial charge < -0.3 is 4.74 Å². The van der Waals surface area contributed by atoms with Crippen LogP contribution in [0.5, 0.6) is 5.75 Å². The van der Waals surface area contributed by atoms with E-state index in [1.807, 2.05) is 30.3 Å². The smallest absolute Gasteiger partial charge is 0.196 e. The molecular formula is C16H11ClO2. The number of ketones is 1. The maximum atomic E-state index is 12.3. The summed E-state index contributed by atoms with van der Waals surface area (Å²) in [5.74, 6) is 0.644. The second kappa shape index (κ2) is 4.90. The summed E-state index contributed by atoms with van der Waals surface area (Å²) in [7, 11) is 0. The second-order valence-electron chi connectivity index (χ2n) is 4.31. The number of hydrogen-bond acceptors (Lipinski definition) is 2. The van der Waals surface area contributed by atoms with E-state index >= 15 is 0 Å². The van der Waals surface area contributed by atoms with Gasteiger partial charge in [-0.3, -0.25) is 4.79 Å². The van der Waals surface area contributed by atoms with E-state index in [9.17, 15) is 4.79 Å². The number of fused-ring (bicyclic) bond motifs is 1. The van der Waals surface area contributed by atoms with Crippen LogP contribution in [0.3, 0.4) is 0 Å². The van der Waals surface area contributed by atoms with E-state index in [4.69, 9.17) is 16.3 Å². The highest BCUT2D eigenvalue weighted by Crippen LogP contribution is 2.28. The SMILES string of the molecule is O=C1/C(=C\c2ccccc2Cl)COc2ccccc21. The van der Waals surface area contributed by atoms with Crippen molar-refractivity contribution in [3.8, 4) is 5.75 Å². The minimum atomic E-state index is 0.00164. The zero-order valence-electron chi connectivity index (χ0n) is 10.1. The summed E-state index contributed by atoms with van der Waals surface area (Å²) in [5.41, 5.74) is 2.05. The summed E-state index contributed by atoms with van der Waals surface area (Å²) >= 11 is 6.09. The van der Waals surface area contributed by atoms with Crippen molar-refractivity contribution >= 4 is 23.5 Å². The van der Waals surface area contributed by atoms with Crippen LogP contribution in [-0.2, 0) is 0 Å². The Balaban J connectivity index is 2.01. The van der Waals surface area contributed by atoms with E-state index in [-0.39, 0.29) is 12.4 Å². The molecule has 1 aliphatic heterocycles. The van der Waals surface area contributed by atoms with Gasteiger partial charge in [0.05, 0.1) is 5.56 Å². The molecule has 0 unspecified atom stereocenters. The molecule has 1 aliphatic rings. The van der Waals surface area contributed by atoms with Crippen LogP contribution in [0, 0.1) is 0 Å². The van der Waals surface area contributed by atoms with Crippen molar-refractivity contribution in [2.45, 2.75) is 0 Å².